The van der Waals surface area contributed by atoms with Crippen molar-refractivity contribution in [1.82, 2.24) is 5.43 Å². The second-order valence-corrected chi connectivity index (χ2v) is 9.46. The summed E-state index contributed by atoms with van der Waals surface area (Å²) in [5.41, 5.74) is 5.58. The predicted octanol–water partition coefficient (Wildman–Crippen LogP) is 6.47. The first kappa shape index (κ1) is 28.4. The summed E-state index contributed by atoms with van der Waals surface area (Å²) >= 11 is 3.44. The number of carbonyl (C=O) groups is 2. The van der Waals surface area contributed by atoms with Crippen molar-refractivity contribution in [2.45, 2.75) is 20.1 Å². The number of hydrogen-bond donors (Lipinski definition) is 2. The maximum Gasteiger partial charge on any atom is 0.335 e. The minimum atomic E-state index is -0.984. The van der Waals surface area contributed by atoms with E-state index in [9.17, 15) is 9.59 Å². The number of carbonyl (C=O) groups excluding carboxylic acids is 1. The molecule has 0 aliphatic carbocycles. The van der Waals surface area contributed by atoms with Crippen LogP contribution in [0.1, 0.15) is 44.3 Å². The van der Waals surface area contributed by atoms with Crippen molar-refractivity contribution in [2.24, 2.45) is 5.10 Å². The number of nitrogens with one attached hydrogen (secondary N) is 1. The van der Waals surface area contributed by atoms with E-state index in [1.165, 1.54) is 18.3 Å². The van der Waals surface area contributed by atoms with Gasteiger partial charge in [0.05, 0.1) is 18.4 Å². The monoisotopic (exact) mass is 602 g/mol. The Morgan fingerprint density at radius 1 is 0.800 bits per heavy atom. The number of benzene rings is 4. The zero-order valence-electron chi connectivity index (χ0n) is 21.7. The Morgan fingerprint density at radius 2 is 1.45 bits per heavy atom. The molecule has 0 heterocycles. The first-order chi connectivity index (χ1) is 19.4. The van der Waals surface area contributed by atoms with Crippen LogP contribution in [0.4, 0.5) is 0 Å². The molecule has 0 aliphatic rings. The molecule has 0 aromatic heterocycles. The molecule has 204 valence electrons. The van der Waals surface area contributed by atoms with Crippen molar-refractivity contribution in [3.63, 3.8) is 0 Å². The lowest BCUT2D eigenvalue weighted by Crippen LogP contribution is -2.18. The molecule has 0 bridgehead atoms. The predicted molar refractivity (Wildman–Crippen MR) is 155 cm³/mol. The van der Waals surface area contributed by atoms with Crippen molar-refractivity contribution in [1.29, 1.82) is 0 Å². The summed E-state index contributed by atoms with van der Waals surface area (Å²) in [4.78, 5) is 23.9. The van der Waals surface area contributed by atoms with Crippen LogP contribution in [0.25, 0.3) is 0 Å². The van der Waals surface area contributed by atoms with E-state index in [1.807, 2.05) is 49.4 Å². The smallest absolute Gasteiger partial charge is 0.335 e. The van der Waals surface area contributed by atoms with Crippen molar-refractivity contribution in [3.05, 3.63) is 123 Å². The number of carboxylic acids is 1. The lowest BCUT2D eigenvalue weighted by atomic mass is 10.1. The zero-order chi connectivity index (χ0) is 28.3. The molecule has 0 aliphatic heterocycles. The van der Waals surface area contributed by atoms with E-state index in [-0.39, 0.29) is 12.2 Å². The molecule has 0 atom stereocenters. The molecule has 4 aromatic carbocycles. The molecule has 1 amide bonds. The van der Waals surface area contributed by atoms with E-state index >= 15 is 0 Å². The minimum Gasteiger partial charge on any atom is -0.490 e. The van der Waals surface area contributed by atoms with Crippen LogP contribution >= 0.6 is 15.9 Å². The van der Waals surface area contributed by atoms with Gasteiger partial charge < -0.3 is 19.3 Å². The van der Waals surface area contributed by atoms with Crippen LogP contribution in [0.3, 0.4) is 0 Å². The third kappa shape index (κ3) is 7.94. The first-order valence-corrected chi connectivity index (χ1v) is 13.2. The topological polar surface area (TPSA) is 106 Å². The fraction of sp³-hybridized carbons (Fsp3) is 0.129. The molecule has 4 rings (SSSR count). The van der Waals surface area contributed by atoms with Gasteiger partial charge in [-0.15, -0.1) is 0 Å². The molecule has 4 aromatic rings. The quantitative estimate of drug-likeness (QED) is 0.142. The molecular formula is C31H27BrN2O6. The van der Waals surface area contributed by atoms with Gasteiger partial charge in [-0.3, -0.25) is 4.79 Å². The van der Waals surface area contributed by atoms with Crippen molar-refractivity contribution < 1.29 is 28.9 Å². The molecule has 9 heteroatoms. The van der Waals surface area contributed by atoms with E-state index in [2.05, 4.69) is 26.5 Å². The molecule has 0 fully saturated rings. The molecule has 0 spiro atoms. The molecule has 0 radical (unpaired) electrons. The summed E-state index contributed by atoms with van der Waals surface area (Å²) < 4.78 is 18.4. The number of amides is 1. The van der Waals surface area contributed by atoms with Crippen molar-refractivity contribution in [3.8, 4) is 17.2 Å². The van der Waals surface area contributed by atoms with Gasteiger partial charge >= 0.3 is 5.97 Å². The number of hydrazone groups is 1. The van der Waals surface area contributed by atoms with E-state index in [0.717, 1.165) is 15.6 Å². The van der Waals surface area contributed by atoms with Gasteiger partial charge in [0.25, 0.3) is 5.91 Å². The van der Waals surface area contributed by atoms with E-state index < -0.39 is 11.9 Å². The van der Waals surface area contributed by atoms with Crippen LogP contribution in [0.15, 0.2) is 101 Å². The van der Waals surface area contributed by atoms with Gasteiger partial charge in [0, 0.05) is 15.6 Å². The molecule has 40 heavy (non-hydrogen) atoms. The number of rotatable bonds is 12. The Hall–Kier alpha value is -4.63. The number of carboxylic acid groups (broad SMARTS) is 1. The fourth-order valence-electron chi connectivity index (χ4n) is 3.65. The second-order valence-electron chi connectivity index (χ2n) is 8.54. The van der Waals surface area contributed by atoms with Crippen LogP contribution in [0, 0.1) is 0 Å². The molecule has 2 N–H and O–H groups in total. The molecule has 0 unspecified atom stereocenters. The van der Waals surface area contributed by atoms with Crippen LogP contribution in [-0.2, 0) is 13.2 Å². The zero-order valence-corrected chi connectivity index (χ0v) is 23.3. The Labute approximate surface area is 240 Å². The van der Waals surface area contributed by atoms with E-state index in [0.29, 0.717) is 41.6 Å². The van der Waals surface area contributed by atoms with Gasteiger partial charge in [0.15, 0.2) is 11.5 Å². The van der Waals surface area contributed by atoms with Gasteiger partial charge in [0.2, 0.25) is 0 Å². The second kappa shape index (κ2) is 14.0. The summed E-state index contributed by atoms with van der Waals surface area (Å²) in [7, 11) is 0. The molecule has 0 saturated heterocycles. The lowest BCUT2D eigenvalue weighted by molar-refractivity contribution is 0.0696. The van der Waals surface area contributed by atoms with Gasteiger partial charge in [0.1, 0.15) is 19.0 Å². The Morgan fingerprint density at radius 3 is 2.15 bits per heavy atom. The highest BCUT2D eigenvalue weighted by molar-refractivity contribution is 9.10. The first-order valence-electron chi connectivity index (χ1n) is 12.4. The Balaban J connectivity index is 1.40. The van der Waals surface area contributed by atoms with Gasteiger partial charge in [-0.1, -0.05) is 58.4 Å². The van der Waals surface area contributed by atoms with E-state index in [1.54, 1.807) is 36.4 Å². The van der Waals surface area contributed by atoms with Crippen LogP contribution in [0.2, 0.25) is 0 Å². The van der Waals surface area contributed by atoms with Crippen LogP contribution in [0.5, 0.6) is 17.2 Å². The summed E-state index contributed by atoms with van der Waals surface area (Å²) in [6.07, 6.45) is 1.49. The number of halogens is 1. The minimum absolute atomic E-state index is 0.207. The highest BCUT2D eigenvalue weighted by atomic mass is 79.9. The maximum absolute atomic E-state index is 12.8. The summed E-state index contributed by atoms with van der Waals surface area (Å²) in [5.74, 6) is 0.153. The lowest BCUT2D eigenvalue weighted by Gasteiger charge is -2.13. The van der Waals surface area contributed by atoms with E-state index in [4.69, 9.17) is 19.3 Å². The van der Waals surface area contributed by atoms with Gasteiger partial charge in [-0.2, -0.15) is 5.10 Å². The number of ether oxygens (including phenoxy) is 3. The average molecular weight is 603 g/mol. The standard InChI is InChI=1S/C31H27BrN2O6/c1-2-38-29-17-24(12-14-28(29)40-19-21-6-4-3-5-7-21)30(35)34-33-18-25-16-26(32)13-15-27(25)39-20-22-8-10-23(11-9-22)31(36)37/h3-18H,2,19-20H2,1H3,(H,34,35)(H,36,37)/b33-18+. The molecule has 0 saturated carbocycles. The average Bonchev–Trinajstić information content (AvgIpc) is 2.97. The van der Waals surface area contributed by atoms with Gasteiger partial charge in [-0.25, -0.2) is 10.2 Å². The van der Waals surface area contributed by atoms with Crippen molar-refractivity contribution in [2.75, 3.05) is 6.61 Å². The SMILES string of the molecule is CCOc1cc(C(=O)N/N=C/c2cc(Br)ccc2OCc2ccc(C(=O)O)cc2)ccc1OCc1ccccc1. The number of aromatic carboxylic acids is 1. The summed E-state index contributed by atoms with van der Waals surface area (Å²) in [6, 6.07) is 26.6. The number of nitrogens with zero attached hydrogens (tertiary/aromatic N) is 1. The summed E-state index contributed by atoms with van der Waals surface area (Å²) in [5, 5.41) is 13.2. The van der Waals surface area contributed by atoms with Crippen molar-refractivity contribution >= 4 is 34.0 Å². The summed E-state index contributed by atoms with van der Waals surface area (Å²) in [6.45, 7) is 2.89. The third-order valence-electron chi connectivity index (χ3n) is 5.68. The normalized spacial score (nSPS) is 10.8. The number of hydrogen-bond acceptors (Lipinski definition) is 6. The largest absolute Gasteiger partial charge is 0.490 e. The fourth-order valence-corrected chi connectivity index (χ4v) is 4.03. The Kier molecular flexibility index (Phi) is 9.90. The van der Waals surface area contributed by atoms with Crippen LogP contribution in [-0.4, -0.2) is 29.8 Å². The molecular weight excluding hydrogens is 576 g/mol. The van der Waals surface area contributed by atoms with Crippen LogP contribution < -0.4 is 19.6 Å². The Bertz CT molecular complexity index is 1490. The third-order valence-corrected chi connectivity index (χ3v) is 6.17. The maximum atomic E-state index is 12.8. The van der Waals surface area contributed by atoms with Gasteiger partial charge in [-0.05, 0) is 66.6 Å². The highest BCUT2D eigenvalue weighted by Crippen LogP contribution is 2.29. The highest BCUT2D eigenvalue weighted by Gasteiger charge is 2.12. The molecule has 8 nitrogen and oxygen atoms in total.